The van der Waals surface area contributed by atoms with Gasteiger partial charge in [0.15, 0.2) is 5.76 Å². The zero-order valence-electron chi connectivity index (χ0n) is 16.5. The maximum atomic E-state index is 12.9. The van der Waals surface area contributed by atoms with Crippen molar-refractivity contribution in [2.75, 3.05) is 0 Å². The van der Waals surface area contributed by atoms with Gasteiger partial charge in [-0.05, 0) is 36.6 Å². The first-order valence-electron chi connectivity index (χ1n) is 9.69. The van der Waals surface area contributed by atoms with Crippen LogP contribution >= 0.6 is 0 Å². The lowest BCUT2D eigenvalue weighted by Gasteiger charge is -2.27. The first kappa shape index (κ1) is 20.1. The molecule has 0 unspecified atom stereocenters. The lowest BCUT2D eigenvalue weighted by molar-refractivity contribution is -0.136. The van der Waals surface area contributed by atoms with Crippen molar-refractivity contribution in [2.24, 2.45) is 5.92 Å². The Morgan fingerprint density at radius 3 is 2.63 bits per heavy atom. The summed E-state index contributed by atoms with van der Waals surface area (Å²) >= 11 is 0. The number of carbonyl (C=O) groups excluding carboxylic acids is 2. The zero-order chi connectivity index (χ0) is 21.4. The Morgan fingerprint density at radius 2 is 1.90 bits per heavy atom. The smallest absolute Gasteiger partial charge is 0.387 e. The molecule has 0 saturated carbocycles. The minimum absolute atomic E-state index is 0.00362. The van der Waals surface area contributed by atoms with Gasteiger partial charge in [-0.3, -0.25) is 9.59 Å². The average molecular weight is 414 g/mol. The summed E-state index contributed by atoms with van der Waals surface area (Å²) in [4.78, 5) is 24.9. The van der Waals surface area contributed by atoms with E-state index in [0.29, 0.717) is 34.1 Å². The van der Waals surface area contributed by atoms with Gasteiger partial charge in [-0.1, -0.05) is 32.0 Å². The van der Waals surface area contributed by atoms with Crippen molar-refractivity contribution in [2.45, 2.75) is 39.2 Å². The molecular weight excluding hydrogens is 394 g/mol. The SMILES string of the molecule is CC(C)C[C@@H]1CC(=O)Oc2ccc3c(c21)O/C(=C\c1ccccc1OC(F)F)C3=O. The number of esters is 1. The van der Waals surface area contributed by atoms with Gasteiger partial charge in [0, 0.05) is 17.0 Å². The van der Waals surface area contributed by atoms with Crippen molar-refractivity contribution in [3.05, 3.63) is 58.8 Å². The lowest BCUT2D eigenvalue weighted by Crippen LogP contribution is -2.21. The number of alkyl halides is 2. The molecule has 30 heavy (non-hydrogen) atoms. The Morgan fingerprint density at radius 1 is 1.13 bits per heavy atom. The van der Waals surface area contributed by atoms with E-state index in [1.54, 1.807) is 30.3 Å². The number of Topliss-reactive ketones (excluding diaryl/α,β-unsaturated/α-hetero) is 1. The highest BCUT2D eigenvalue weighted by molar-refractivity contribution is 6.15. The Kier molecular flexibility index (Phi) is 5.28. The quantitative estimate of drug-likeness (QED) is 0.375. The first-order valence-corrected chi connectivity index (χ1v) is 9.69. The molecule has 5 nitrogen and oxygen atoms in total. The number of rotatable bonds is 5. The number of hydrogen-bond acceptors (Lipinski definition) is 5. The minimum atomic E-state index is -2.99. The average Bonchev–Trinajstić information content (AvgIpc) is 2.97. The maximum Gasteiger partial charge on any atom is 0.387 e. The molecule has 2 aliphatic rings. The van der Waals surface area contributed by atoms with E-state index in [9.17, 15) is 18.4 Å². The summed E-state index contributed by atoms with van der Waals surface area (Å²) in [6.45, 7) is 1.13. The van der Waals surface area contributed by atoms with Gasteiger partial charge in [0.05, 0.1) is 12.0 Å². The number of hydrogen-bond donors (Lipinski definition) is 0. The van der Waals surface area contributed by atoms with Crippen LogP contribution in [0.1, 0.15) is 54.1 Å². The van der Waals surface area contributed by atoms with Crippen LogP contribution in [0.3, 0.4) is 0 Å². The van der Waals surface area contributed by atoms with Crippen LogP contribution in [0.4, 0.5) is 8.78 Å². The third-order valence-corrected chi connectivity index (χ3v) is 5.06. The summed E-state index contributed by atoms with van der Waals surface area (Å²) < 4.78 is 41.2. The highest BCUT2D eigenvalue weighted by Crippen LogP contribution is 2.48. The first-order chi connectivity index (χ1) is 14.3. The molecule has 4 rings (SSSR count). The van der Waals surface area contributed by atoms with E-state index in [-0.39, 0.29) is 35.6 Å². The number of para-hydroxylation sites is 1. The highest BCUT2D eigenvalue weighted by Gasteiger charge is 2.38. The molecule has 0 amide bonds. The van der Waals surface area contributed by atoms with E-state index < -0.39 is 6.61 Å². The molecule has 0 aromatic heterocycles. The largest absolute Gasteiger partial charge is 0.452 e. The van der Waals surface area contributed by atoms with E-state index in [2.05, 4.69) is 18.6 Å². The predicted octanol–water partition coefficient (Wildman–Crippen LogP) is 5.34. The summed E-state index contributed by atoms with van der Waals surface area (Å²) in [7, 11) is 0. The molecule has 2 aromatic carbocycles. The van der Waals surface area contributed by atoms with Crippen LogP contribution in [0.2, 0.25) is 0 Å². The van der Waals surface area contributed by atoms with Gasteiger partial charge < -0.3 is 14.2 Å². The van der Waals surface area contributed by atoms with Gasteiger partial charge in [0.1, 0.15) is 17.2 Å². The Labute approximate surface area is 172 Å². The molecular formula is C23H20F2O5. The Hall–Kier alpha value is -3.22. The van der Waals surface area contributed by atoms with Crippen LogP contribution in [0.25, 0.3) is 6.08 Å². The second-order valence-corrected chi connectivity index (χ2v) is 7.71. The molecule has 0 aliphatic carbocycles. The summed E-state index contributed by atoms with van der Waals surface area (Å²) in [5.74, 6) is 0.240. The normalized spacial score (nSPS) is 19.0. The van der Waals surface area contributed by atoms with Crippen LogP contribution in [-0.2, 0) is 4.79 Å². The fourth-order valence-electron chi connectivity index (χ4n) is 3.91. The monoisotopic (exact) mass is 414 g/mol. The van der Waals surface area contributed by atoms with Crippen LogP contribution in [-0.4, -0.2) is 18.4 Å². The van der Waals surface area contributed by atoms with Crippen molar-refractivity contribution in [3.63, 3.8) is 0 Å². The van der Waals surface area contributed by atoms with E-state index >= 15 is 0 Å². The Bertz CT molecular complexity index is 1040. The van der Waals surface area contributed by atoms with Crippen LogP contribution < -0.4 is 14.2 Å². The Balaban J connectivity index is 1.74. The molecule has 156 valence electrons. The highest BCUT2D eigenvalue weighted by atomic mass is 19.3. The predicted molar refractivity (Wildman–Crippen MR) is 105 cm³/mol. The van der Waals surface area contributed by atoms with Crippen molar-refractivity contribution in [1.29, 1.82) is 0 Å². The molecule has 0 spiro atoms. The van der Waals surface area contributed by atoms with Crippen LogP contribution in [0.5, 0.6) is 17.2 Å². The summed E-state index contributed by atoms with van der Waals surface area (Å²) in [6.07, 6.45) is 2.34. The van der Waals surface area contributed by atoms with Crippen molar-refractivity contribution < 1.29 is 32.6 Å². The molecule has 0 saturated heterocycles. The van der Waals surface area contributed by atoms with Crippen molar-refractivity contribution in [3.8, 4) is 17.2 Å². The molecule has 0 bridgehead atoms. The van der Waals surface area contributed by atoms with E-state index in [4.69, 9.17) is 9.47 Å². The molecule has 7 heteroatoms. The standard InChI is InChI=1S/C23H20F2O5/c1-12(2)9-14-11-19(26)28-17-8-7-15-21(27)18(29-22(15)20(14)17)10-13-5-3-4-6-16(13)30-23(24)25/h3-8,10,12,14,23H,9,11H2,1-2H3/b18-10-/t14-/m1/s1. The number of benzene rings is 2. The third-order valence-electron chi connectivity index (χ3n) is 5.06. The fraction of sp³-hybridized carbons (Fsp3) is 0.304. The van der Waals surface area contributed by atoms with E-state index in [1.807, 2.05) is 0 Å². The number of allylic oxidation sites excluding steroid dienone is 1. The number of ether oxygens (including phenoxy) is 3. The summed E-state index contributed by atoms with van der Waals surface area (Å²) in [6, 6.07) is 9.33. The number of fused-ring (bicyclic) bond motifs is 3. The van der Waals surface area contributed by atoms with Crippen LogP contribution in [0.15, 0.2) is 42.2 Å². The minimum Gasteiger partial charge on any atom is -0.452 e. The van der Waals surface area contributed by atoms with Crippen molar-refractivity contribution >= 4 is 17.8 Å². The van der Waals surface area contributed by atoms with Gasteiger partial charge in [0.2, 0.25) is 5.78 Å². The molecule has 0 N–H and O–H groups in total. The molecule has 0 radical (unpaired) electrons. The molecule has 1 atom stereocenters. The lowest BCUT2D eigenvalue weighted by atomic mass is 9.84. The van der Waals surface area contributed by atoms with Gasteiger partial charge in [0.25, 0.3) is 0 Å². The third kappa shape index (κ3) is 3.79. The van der Waals surface area contributed by atoms with Crippen LogP contribution in [0, 0.1) is 5.92 Å². The molecule has 2 aromatic rings. The van der Waals surface area contributed by atoms with Gasteiger partial charge >= 0.3 is 12.6 Å². The van der Waals surface area contributed by atoms with Gasteiger partial charge in [-0.2, -0.15) is 8.78 Å². The topological polar surface area (TPSA) is 61.8 Å². The van der Waals surface area contributed by atoms with E-state index in [0.717, 1.165) is 6.42 Å². The molecule has 0 fully saturated rings. The number of ketones is 1. The van der Waals surface area contributed by atoms with Gasteiger partial charge in [-0.25, -0.2) is 0 Å². The second-order valence-electron chi connectivity index (χ2n) is 7.71. The summed E-state index contributed by atoms with van der Waals surface area (Å²) in [5, 5.41) is 0. The molecule has 2 heterocycles. The summed E-state index contributed by atoms with van der Waals surface area (Å²) in [5.41, 5.74) is 1.36. The molecule has 2 aliphatic heterocycles. The zero-order valence-corrected chi connectivity index (χ0v) is 16.5. The number of halogens is 2. The van der Waals surface area contributed by atoms with Gasteiger partial charge in [-0.15, -0.1) is 0 Å². The van der Waals surface area contributed by atoms with Crippen molar-refractivity contribution in [1.82, 2.24) is 0 Å². The number of carbonyl (C=O) groups is 2. The maximum absolute atomic E-state index is 12.9. The van der Waals surface area contributed by atoms with E-state index in [1.165, 1.54) is 12.1 Å². The second kappa shape index (κ2) is 7.89. The fourth-order valence-corrected chi connectivity index (χ4v) is 3.91.